The number of amides is 1. The first-order valence-electron chi connectivity index (χ1n) is 7.04. The lowest BCUT2D eigenvalue weighted by molar-refractivity contribution is -0.187. The van der Waals surface area contributed by atoms with E-state index in [2.05, 4.69) is 4.74 Å². The van der Waals surface area contributed by atoms with Gasteiger partial charge in [0.05, 0.1) is 5.92 Å². The third-order valence-electron chi connectivity index (χ3n) is 3.66. The average molecular weight is 391 g/mol. The van der Waals surface area contributed by atoms with Gasteiger partial charge < -0.3 is 9.64 Å². The number of likely N-dealkylation sites (tertiary alicyclic amines) is 1. The Labute approximate surface area is 140 Å². The van der Waals surface area contributed by atoms with E-state index in [0.29, 0.717) is 4.90 Å². The second-order valence-electron chi connectivity index (χ2n) is 5.41. The number of carbonyl (C=O) groups is 2. The van der Waals surface area contributed by atoms with Gasteiger partial charge in [0, 0.05) is 13.1 Å². The molecule has 0 saturated carbocycles. The SMILES string of the molecule is O=C(Oc1c(F)c(F)c(F)c(F)c1F)C1CCCN(C(=O)C(F)(F)F)C1. The van der Waals surface area contributed by atoms with Crippen molar-refractivity contribution in [1.29, 1.82) is 0 Å². The van der Waals surface area contributed by atoms with Crippen molar-refractivity contribution in [2.75, 3.05) is 13.1 Å². The first-order valence-corrected chi connectivity index (χ1v) is 7.04. The summed E-state index contributed by atoms with van der Waals surface area (Å²) in [5, 5.41) is 0. The van der Waals surface area contributed by atoms with Crippen LogP contribution in [0, 0.1) is 35.0 Å². The second-order valence-corrected chi connectivity index (χ2v) is 5.41. The molecular formula is C14H9F8NO3. The largest absolute Gasteiger partial charge is 0.471 e. The Balaban J connectivity index is 2.20. The predicted octanol–water partition coefficient (Wildman–Crippen LogP) is 3.09. The molecule has 4 nitrogen and oxygen atoms in total. The topological polar surface area (TPSA) is 46.6 Å². The van der Waals surface area contributed by atoms with E-state index in [1.807, 2.05) is 0 Å². The maximum Gasteiger partial charge on any atom is 0.471 e. The van der Waals surface area contributed by atoms with Gasteiger partial charge in [0.1, 0.15) is 0 Å². The minimum Gasteiger partial charge on any atom is -0.420 e. The molecule has 12 heteroatoms. The summed E-state index contributed by atoms with van der Waals surface area (Å²) < 4.78 is 107. The maximum atomic E-state index is 13.5. The summed E-state index contributed by atoms with van der Waals surface area (Å²) in [7, 11) is 0. The lowest BCUT2D eigenvalue weighted by Gasteiger charge is -2.31. The average Bonchev–Trinajstić information content (AvgIpc) is 2.60. The molecule has 1 unspecified atom stereocenters. The Kier molecular flexibility index (Phi) is 5.42. The molecule has 144 valence electrons. The Morgan fingerprint density at radius 1 is 0.923 bits per heavy atom. The summed E-state index contributed by atoms with van der Waals surface area (Å²) in [5.74, 6) is -19.0. The molecule has 0 aromatic heterocycles. The molecule has 0 bridgehead atoms. The van der Waals surface area contributed by atoms with E-state index in [1.165, 1.54) is 0 Å². The monoisotopic (exact) mass is 391 g/mol. The van der Waals surface area contributed by atoms with Gasteiger partial charge >= 0.3 is 18.1 Å². The zero-order valence-electron chi connectivity index (χ0n) is 12.6. The van der Waals surface area contributed by atoms with Crippen molar-refractivity contribution in [2.24, 2.45) is 5.92 Å². The highest BCUT2D eigenvalue weighted by molar-refractivity contribution is 5.83. The van der Waals surface area contributed by atoms with Crippen LogP contribution in [0.1, 0.15) is 12.8 Å². The van der Waals surface area contributed by atoms with Crippen molar-refractivity contribution >= 4 is 11.9 Å². The molecule has 1 saturated heterocycles. The summed E-state index contributed by atoms with van der Waals surface area (Å²) in [5.41, 5.74) is 0. The molecule has 0 spiro atoms. The number of benzene rings is 1. The number of piperidine rings is 1. The summed E-state index contributed by atoms with van der Waals surface area (Å²) in [6.07, 6.45) is -5.35. The zero-order valence-corrected chi connectivity index (χ0v) is 12.6. The summed E-state index contributed by atoms with van der Waals surface area (Å²) >= 11 is 0. The van der Waals surface area contributed by atoms with Crippen molar-refractivity contribution in [2.45, 2.75) is 19.0 Å². The van der Waals surface area contributed by atoms with Gasteiger partial charge in [0.15, 0.2) is 0 Å². The van der Waals surface area contributed by atoms with Crippen LogP contribution in [-0.2, 0) is 9.59 Å². The number of alkyl halides is 3. The third-order valence-corrected chi connectivity index (χ3v) is 3.66. The van der Waals surface area contributed by atoms with E-state index in [1.54, 1.807) is 0 Å². The molecule has 1 aromatic rings. The molecule has 1 heterocycles. The zero-order chi connectivity index (χ0) is 19.8. The lowest BCUT2D eigenvalue weighted by Crippen LogP contribution is -2.48. The van der Waals surface area contributed by atoms with E-state index < -0.39 is 65.4 Å². The van der Waals surface area contributed by atoms with Gasteiger partial charge in [-0.3, -0.25) is 9.59 Å². The van der Waals surface area contributed by atoms with E-state index in [-0.39, 0.29) is 19.4 Å². The number of ether oxygens (including phenoxy) is 1. The maximum absolute atomic E-state index is 13.5. The molecule has 2 rings (SSSR count). The van der Waals surface area contributed by atoms with Gasteiger partial charge in [-0.1, -0.05) is 0 Å². The van der Waals surface area contributed by atoms with E-state index in [4.69, 9.17) is 0 Å². The third kappa shape index (κ3) is 3.73. The number of halogens is 8. The summed E-state index contributed by atoms with van der Waals surface area (Å²) in [4.78, 5) is 23.4. The number of nitrogens with zero attached hydrogens (tertiary/aromatic N) is 1. The molecule has 1 aliphatic heterocycles. The number of esters is 1. The van der Waals surface area contributed by atoms with E-state index in [0.717, 1.165) is 0 Å². The lowest BCUT2D eigenvalue weighted by atomic mass is 9.98. The highest BCUT2D eigenvalue weighted by Crippen LogP contribution is 2.31. The standard InChI is InChI=1S/C14H9F8NO3/c15-6-7(16)9(18)11(10(19)8(6)17)26-12(24)5-2-1-3-23(4-5)13(25)14(20,21)22/h5H,1-4H2. The van der Waals surface area contributed by atoms with Crippen LogP contribution in [0.2, 0.25) is 0 Å². The van der Waals surface area contributed by atoms with E-state index in [9.17, 15) is 44.7 Å². The van der Waals surface area contributed by atoms with Crippen molar-refractivity contribution in [3.8, 4) is 5.75 Å². The van der Waals surface area contributed by atoms with Crippen molar-refractivity contribution < 1.29 is 49.4 Å². The molecule has 1 aliphatic rings. The van der Waals surface area contributed by atoms with Crippen LogP contribution in [0.3, 0.4) is 0 Å². The van der Waals surface area contributed by atoms with Crippen LogP contribution in [-0.4, -0.2) is 36.0 Å². The van der Waals surface area contributed by atoms with Gasteiger partial charge in [0.25, 0.3) is 0 Å². The van der Waals surface area contributed by atoms with Crippen molar-refractivity contribution in [1.82, 2.24) is 4.90 Å². The molecule has 0 aliphatic carbocycles. The molecular weight excluding hydrogens is 382 g/mol. The second kappa shape index (κ2) is 7.08. The minimum absolute atomic E-state index is 0.0569. The van der Waals surface area contributed by atoms with Crippen molar-refractivity contribution in [3.05, 3.63) is 29.1 Å². The van der Waals surface area contributed by atoms with Crippen LogP contribution in [0.4, 0.5) is 35.1 Å². The highest BCUT2D eigenvalue weighted by Gasteiger charge is 2.44. The first kappa shape index (κ1) is 19.9. The normalized spacial score (nSPS) is 18.0. The molecule has 1 fully saturated rings. The van der Waals surface area contributed by atoms with Gasteiger partial charge in [-0.2, -0.15) is 22.0 Å². The van der Waals surface area contributed by atoms with Gasteiger partial charge in [-0.25, -0.2) is 13.2 Å². The molecule has 1 amide bonds. The Morgan fingerprint density at radius 2 is 1.42 bits per heavy atom. The Morgan fingerprint density at radius 3 is 1.92 bits per heavy atom. The molecule has 26 heavy (non-hydrogen) atoms. The molecule has 1 aromatic carbocycles. The van der Waals surface area contributed by atoms with Gasteiger partial charge in [-0.05, 0) is 12.8 Å². The Bertz CT molecular complexity index is 720. The molecule has 0 radical (unpaired) electrons. The van der Waals surface area contributed by atoms with Crippen LogP contribution >= 0.6 is 0 Å². The van der Waals surface area contributed by atoms with Crippen molar-refractivity contribution in [3.63, 3.8) is 0 Å². The van der Waals surface area contributed by atoms with E-state index >= 15 is 0 Å². The molecule has 0 N–H and O–H groups in total. The predicted molar refractivity (Wildman–Crippen MR) is 67.2 cm³/mol. The number of hydrogen-bond acceptors (Lipinski definition) is 3. The highest BCUT2D eigenvalue weighted by atomic mass is 19.4. The van der Waals surface area contributed by atoms with Crippen LogP contribution in [0.25, 0.3) is 0 Å². The van der Waals surface area contributed by atoms with Crippen LogP contribution < -0.4 is 4.74 Å². The number of rotatable bonds is 2. The van der Waals surface area contributed by atoms with Crippen LogP contribution in [0.5, 0.6) is 5.75 Å². The summed E-state index contributed by atoms with van der Waals surface area (Å²) in [6, 6.07) is 0. The fraction of sp³-hybridized carbons (Fsp3) is 0.429. The number of hydrogen-bond donors (Lipinski definition) is 0. The minimum atomic E-state index is -5.19. The number of carbonyl (C=O) groups excluding carboxylic acids is 2. The van der Waals surface area contributed by atoms with Crippen LogP contribution in [0.15, 0.2) is 0 Å². The quantitative estimate of drug-likeness (QED) is 0.256. The fourth-order valence-corrected chi connectivity index (χ4v) is 2.39. The van der Waals surface area contributed by atoms with Gasteiger partial charge in [0.2, 0.25) is 34.8 Å². The smallest absolute Gasteiger partial charge is 0.420 e. The molecule has 1 atom stereocenters. The van der Waals surface area contributed by atoms with Gasteiger partial charge in [-0.15, -0.1) is 0 Å². The summed E-state index contributed by atoms with van der Waals surface area (Å²) in [6.45, 7) is -1.09. The fourth-order valence-electron chi connectivity index (χ4n) is 2.39. The first-order chi connectivity index (χ1) is 11.9. The Hall–Kier alpha value is -2.40.